The van der Waals surface area contributed by atoms with E-state index in [1.54, 1.807) is 12.1 Å². The molecule has 0 aliphatic heterocycles. The van der Waals surface area contributed by atoms with Crippen molar-refractivity contribution in [2.24, 2.45) is 0 Å². The first-order valence-corrected chi connectivity index (χ1v) is 32.1. The Morgan fingerprint density at radius 1 is 0.240 bits per heavy atom. The van der Waals surface area contributed by atoms with Crippen LogP contribution in [0.5, 0.6) is 0 Å². The highest BCUT2D eigenvalue weighted by Gasteiger charge is 2.36. The maximum Gasteiger partial charge on any atom is 0.417 e. The molecule has 0 spiro atoms. The molecule has 0 amide bonds. The summed E-state index contributed by atoms with van der Waals surface area (Å²) in [7, 11) is 0. The minimum atomic E-state index is -4.77. The Balaban J connectivity index is 0.952. The van der Waals surface area contributed by atoms with E-state index in [-0.39, 0.29) is 16.8 Å². The lowest BCUT2D eigenvalue weighted by Gasteiger charge is -2.22. The van der Waals surface area contributed by atoms with Crippen molar-refractivity contribution in [2.75, 3.05) is 0 Å². The van der Waals surface area contributed by atoms with Crippen LogP contribution in [0.2, 0.25) is 0 Å². The first-order valence-electron chi connectivity index (χ1n) is 32.1. The minimum Gasteiger partial charge on any atom is -0.319 e. The largest absolute Gasteiger partial charge is 0.417 e. The Kier molecular flexibility index (Phi) is 11.3. The monoisotopic (exact) mass is 1240 g/mol. The predicted octanol–water partition coefficient (Wildman–Crippen LogP) is 23.5. The first-order chi connectivity index (χ1) is 47.3. The van der Waals surface area contributed by atoms with Crippen LogP contribution in [0.25, 0.3) is 181 Å². The zero-order chi connectivity index (χ0) is 63.7. The van der Waals surface area contributed by atoms with Crippen LogP contribution < -0.4 is 0 Å². The third kappa shape index (κ3) is 7.53. The van der Waals surface area contributed by atoms with Gasteiger partial charge in [0.2, 0.25) is 5.69 Å². The summed E-state index contributed by atoms with van der Waals surface area (Å²) in [6.07, 6.45) is -4.77. The molecule has 7 nitrogen and oxygen atoms in total. The Morgan fingerprint density at radius 2 is 0.500 bits per heavy atom. The molecule has 0 atom stereocenters. The standard InChI is InChI=1S/C86H50F3N7/c1-90-84-79(95-80-48-52(91-71-30-12-3-21-57(71)58-22-4-13-31-72(58)91)38-42-65(80)66-43-39-53(49-81(66)95)92-73-32-14-5-23-59(73)60-24-6-15-33-74(60)92)47-46-69(56-20-2-11-29-70(56)86(87,88)89)85(84)96-82-50-54(93-75-34-16-7-25-61(75)62-26-8-17-35-76(62)93)40-44-67(82)68-45-41-55(51-83(68)96)94-77-36-18-9-27-63(77)64-28-10-19-37-78(64)94/h2-51H. The van der Waals surface area contributed by atoms with Gasteiger partial charge in [-0.2, -0.15) is 13.2 Å². The van der Waals surface area contributed by atoms with Crippen LogP contribution in [0, 0.1) is 6.57 Å². The second kappa shape index (κ2) is 20.1. The molecule has 0 fully saturated rings. The summed E-state index contributed by atoms with van der Waals surface area (Å²) in [6.45, 7) is 9.90. The molecule has 0 unspecified atom stereocenters. The van der Waals surface area contributed by atoms with Gasteiger partial charge in [0, 0.05) is 87.4 Å². The molecule has 0 bridgehead atoms. The molecule has 0 saturated carbocycles. The Labute approximate surface area is 545 Å². The van der Waals surface area contributed by atoms with E-state index in [1.807, 2.05) is 36.4 Å². The summed E-state index contributed by atoms with van der Waals surface area (Å²) in [6, 6.07) is 103. The van der Waals surface area contributed by atoms with E-state index < -0.39 is 11.7 Å². The molecule has 0 radical (unpaired) electrons. The van der Waals surface area contributed by atoms with Gasteiger partial charge in [-0.15, -0.1) is 0 Å². The lowest BCUT2D eigenvalue weighted by molar-refractivity contribution is -0.137. The van der Waals surface area contributed by atoms with E-state index >= 15 is 13.2 Å². The smallest absolute Gasteiger partial charge is 0.319 e. The van der Waals surface area contributed by atoms with Crippen molar-refractivity contribution in [1.29, 1.82) is 0 Å². The zero-order valence-electron chi connectivity index (χ0n) is 51.1. The van der Waals surface area contributed by atoms with Crippen molar-refractivity contribution in [1.82, 2.24) is 27.4 Å². The molecular weight excluding hydrogens is 1190 g/mol. The van der Waals surface area contributed by atoms with Crippen LogP contribution in [0.3, 0.4) is 0 Å². The fourth-order valence-electron chi connectivity index (χ4n) is 16.1. The number of hydrogen-bond acceptors (Lipinski definition) is 0. The van der Waals surface area contributed by atoms with Crippen molar-refractivity contribution < 1.29 is 13.2 Å². The van der Waals surface area contributed by atoms with Gasteiger partial charge in [0.25, 0.3) is 0 Å². The van der Waals surface area contributed by atoms with E-state index in [4.69, 9.17) is 4.85 Å². The van der Waals surface area contributed by atoms with Gasteiger partial charge in [-0.05, 0) is 120 Å². The molecule has 0 saturated heterocycles. The number of fused-ring (bicyclic) bond motifs is 18. The zero-order valence-corrected chi connectivity index (χ0v) is 51.1. The molecular formula is C86H50F3N7. The van der Waals surface area contributed by atoms with Gasteiger partial charge < -0.3 is 27.4 Å². The molecule has 20 rings (SSSR count). The van der Waals surface area contributed by atoms with Crippen LogP contribution in [-0.4, -0.2) is 27.4 Å². The third-order valence-corrected chi connectivity index (χ3v) is 20.1. The summed E-state index contributed by atoms with van der Waals surface area (Å²) in [4.78, 5) is 4.71. The molecule has 6 heterocycles. The van der Waals surface area contributed by atoms with Gasteiger partial charge in [-0.25, -0.2) is 4.85 Å². The normalized spacial score (nSPS) is 12.3. The van der Waals surface area contributed by atoms with Gasteiger partial charge in [0.15, 0.2) is 0 Å². The molecule has 0 aliphatic carbocycles. The Morgan fingerprint density at radius 3 is 0.792 bits per heavy atom. The van der Waals surface area contributed by atoms with Crippen LogP contribution in [0.1, 0.15) is 5.56 Å². The summed E-state index contributed by atoms with van der Waals surface area (Å²) < 4.78 is 61.7. The molecule has 450 valence electrons. The number of para-hydroxylation sites is 8. The molecule has 6 aromatic heterocycles. The van der Waals surface area contributed by atoms with Crippen LogP contribution in [0.15, 0.2) is 303 Å². The van der Waals surface area contributed by atoms with E-state index in [9.17, 15) is 6.57 Å². The van der Waals surface area contributed by atoms with Crippen molar-refractivity contribution in [2.45, 2.75) is 6.18 Å². The topological polar surface area (TPSA) is 33.9 Å². The van der Waals surface area contributed by atoms with Crippen molar-refractivity contribution in [3.63, 3.8) is 0 Å². The van der Waals surface area contributed by atoms with Crippen molar-refractivity contribution in [3.8, 4) is 45.3 Å². The Bertz CT molecular complexity index is 6240. The minimum absolute atomic E-state index is 0.0481. The number of benzene rings is 14. The summed E-state index contributed by atoms with van der Waals surface area (Å²) in [5.74, 6) is 0. The fraction of sp³-hybridized carbons (Fsp3) is 0.0116. The Hall–Kier alpha value is -12.8. The predicted molar refractivity (Wildman–Crippen MR) is 389 cm³/mol. The van der Waals surface area contributed by atoms with E-state index in [2.05, 4.69) is 270 Å². The molecule has 20 aromatic rings. The highest BCUT2D eigenvalue weighted by Crippen LogP contribution is 2.50. The number of aromatic nitrogens is 6. The maximum atomic E-state index is 16.1. The summed E-state index contributed by atoms with van der Waals surface area (Å²) in [5.41, 5.74) is 15.1. The van der Waals surface area contributed by atoms with E-state index in [0.29, 0.717) is 22.4 Å². The van der Waals surface area contributed by atoms with Gasteiger partial charge in [-0.1, -0.05) is 194 Å². The maximum absolute atomic E-state index is 16.1. The van der Waals surface area contributed by atoms with Gasteiger partial charge in [0.1, 0.15) is 0 Å². The van der Waals surface area contributed by atoms with Gasteiger partial charge in [-0.3, -0.25) is 0 Å². The molecule has 0 aliphatic rings. The van der Waals surface area contributed by atoms with Crippen LogP contribution >= 0.6 is 0 Å². The average molecular weight is 1240 g/mol. The number of halogens is 3. The summed E-state index contributed by atoms with van der Waals surface area (Å²) >= 11 is 0. The average Bonchev–Trinajstić information content (AvgIpc) is 1.47. The number of nitrogens with zero attached hydrogens (tertiary/aromatic N) is 7. The van der Waals surface area contributed by atoms with Gasteiger partial charge >= 0.3 is 6.18 Å². The lowest BCUT2D eigenvalue weighted by atomic mass is 9.96. The molecule has 0 N–H and O–H groups in total. The third-order valence-electron chi connectivity index (χ3n) is 20.1. The molecule has 10 heteroatoms. The second-order valence-corrected chi connectivity index (χ2v) is 24.9. The summed E-state index contributed by atoms with van der Waals surface area (Å²) in [5, 5.41) is 12.4. The molecule has 14 aromatic carbocycles. The van der Waals surface area contributed by atoms with Crippen LogP contribution in [0.4, 0.5) is 18.9 Å². The number of rotatable bonds is 7. The second-order valence-electron chi connectivity index (χ2n) is 24.9. The van der Waals surface area contributed by atoms with E-state index in [0.717, 1.165) is 149 Å². The highest BCUT2D eigenvalue weighted by atomic mass is 19.4. The fourth-order valence-corrected chi connectivity index (χ4v) is 16.1. The number of alkyl halides is 3. The van der Waals surface area contributed by atoms with Crippen molar-refractivity contribution >= 4 is 137 Å². The van der Waals surface area contributed by atoms with Crippen LogP contribution in [-0.2, 0) is 6.18 Å². The lowest BCUT2D eigenvalue weighted by Crippen LogP contribution is -2.09. The van der Waals surface area contributed by atoms with Gasteiger partial charge in [0.05, 0.1) is 89.7 Å². The quantitative estimate of drug-likeness (QED) is 0.143. The first kappa shape index (κ1) is 53.8. The number of hydrogen-bond donors (Lipinski definition) is 0. The highest BCUT2D eigenvalue weighted by molar-refractivity contribution is 6.17. The van der Waals surface area contributed by atoms with E-state index in [1.165, 1.54) is 6.07 Å². The SMILES string of the molecule is [C-]#[N+]c1c(-n2c3cc(-n4c5ccccc5c5ccccc54)ccc3c3ccc(-n4c5ccccc5c5ccccc54)cc32)ccc(-c2ccccc2C(F)(F)F)c1-n1c2cc(-n3c4ccccc4c4ccccc43)ccc2c2ccc(-n3c4ccccc4c4ccccc43)cc21. The van der Waals surface area contributed by atoms with Crippen molar-refractivity contribution in [3.05, 3.63) is 320 Å². The molecule has 96 heavy (non-hydrogen) atoms.